The molecule has 3 aromatic rings. The highest BCUT2D eigenvalue weighted by molar-refractivity contribution is 7.93. The Morgan fingerprint density at radius 3 is 2.56 bits per heavy atom. The molecule has 1 atom stereocenters. The Bertz CT molecular complexity index is 1200. The highest BCUT2D eigenvalue weighted by Crippen LogP contribution is 2.32. The number of anilines is 2. The monoisotopic (exact) mass is 496 g/mol. The smallest absolute Gasteiger partial charge is 0.237 e. The lowest BCUT2D eigenvalue weighted by Crippen LogP contribution is -2.21. The molecule has 170 valence electrons. The quantitative estimate of drug-likeness (QED) is 0.466. The van der Waals surface area contributed by atoms with E-state index in [0.717, 1.165) is 11.8 Å². The summed E-state index contributed by atoms with van der Waals surface area (Å²) in [6.45, 7) is 1.87. The van der Waals surface area contributed by atoms with Gasteiger partial charge in [-0.05, 0) is 43.0 Å². The van der Waals surface area contributed by atoms with Crippen LogP contribution in [0.15, 0.2) is 48.1 Å². The number of hydrogen-bond donors (Lipinski definition) is 2. The second-order valence-corrected chi connectivity index (χ2v) is 10.2. The first-order chi connectivity index (χ1) is 14.9. The average molecular weight is 497 g/mol. The maximum atomic E-state index is 13.4. The normalized spacial score (nSPS) is 14.3. The van der Waals surface area contributed by atoms with Crippen molar-refractivity contribution in [2.24, 2.45) is 0 Å². The van der Waals surface area contributed by atoms with Crippen molar-refractivity contribution in [1.29, 1.82) is 0 Å². The third kappa shape index (κ3) is 5.62. The number of benzene rings is 1. The topological polar surface area (TPSA) is 101 Å². The van der Waals surface area contributed by atoms with Gasteiger partial charge in [0.2, 0.25) is 15.9 Å². The zero-order valence-corrected chi connectivity index (χ0v) is 19.6. The van der Waals surface area contributed by atoms with E-state index in [1.54, 1.807) is 35.8 Å². The molecule has 0 radical (unpaired) electrons. The van der Waals surface area contributed by atoms with Gasteiger partial charge in [0, 0.05) is 22.8 Å². The summed E-state index contributed by atoms with van der Waals surface area (Å²) in [6, 6.07) is 8.43. The van der Waals surface area contributed by atoms with Gasteiger partial charge in [0.05, 0.1) is 23.1 Å². The van der Waals surface area contributed by atoms with Crippen LogP contribution in [0.1, 0.15) is 37.8 Å². The third-order valence-corrected chi connectivity index (χ3v) is 7.72. The molecule has 1 amide bonds. The Balaban J connectivity index is 0.00000289. The number of hydrogen-bond acceptors (Lipinski definition) is 6. The van der Waals surface area contributed by atoms with Crippen LogP contribution in [0.2, 0.25) is 0 Å². The van der Waals surface area contributed by atoms with E-state index in [2.05, 4.69) is 20.0 Å². The Kier molecular flexibility index (Phi) is 7.47. The van der Waals surface area contributed by atoms with Gasteiger partial charge in [0.15, 0.2) is 5.13 Å². The number of carbonyl (C=O) groups is 1. The number of carbonyl (C=O) groups excluding carboxylic acids is 1. The van der Waals surface area contributed by atoms with Crippen LogP contribution in [-0.4, -0.2) is 29.5 Å². The Morgan fingerprint density at radius 1 is 1.22 bits per heavy atom. The number of nitrogens with one attached hydrogen (secondary N) is 2. The fourth-order valence-corrected chi connectivity index (χ4v) is 5.51. The van der Waals surface area contributed by atoms with Gasteiger partial charge in [0.25, 0.3) is 0 Å². The molecule has 0 saturated heterocycles. The number of amides is 1. The molecule has 2 aromatic heterocycles. The highest BCUT2D eigenvalue weighted by Gasteiger charge is 2.36. The van der Waals surface area contributed by atoms with Gasteiger partial charge in [0.1, 0.15) is 5.82 Å². The minimum absolute atomic E-state index is 0. The van der Waals surface area contributed by atoms with Gasteiger partial charge >= 0.3 is 0 Å². The van der Waals surface area contributed by atoms with E-state index in [4.69, 9.17) is 0 Å². The van der Waals surface area contributed by atoms with Crippen LogP contribution in [0.25, 0.3) is 11.1 Å². The van der Waals surface area contributed by atoms with Crippen LogP contribution >= 0.6 is 23.7 Å². The van der Waals surface area contributed by atoms with E-state index in [9.17, 15) is 17.6 Å². The van der Waals surface area contributed by atoms with Crippen molar-refractivity contribution in [3.63, 3.8) is 0 Å². The molecular formula is C21H22ClFN4O3S2. The SMILES string of the molecule is CCC(C(=O)Nc1ccc(-c2cncc(F)c2)cc1)c1csc(NS(=O)(=O)C2CC2)n1.Cl. The Hall–Kier alpha value is -2.56. The molecule has 2 heterocycles. The van der Waals surface area contributed by atoms with Crippen molar-refractivity contribution in [2.75, 3.05) is 10.0 Å². The standard InChI is InChI=1S/C21H21FN4O3S2.ClH/c1-2-18(19-12-30-21(25-19)26-31(28,29)17-7-8-17)20(27)24-16-5-3-13(4-6-16)14-9-15(22)11-23-10-14;/h3-6,9-12,17-18H,2,7-8H2,1H3,(H,24,27)(H,25,26);1H. The molecule has 7 nitrogen and oxygen atoms in total. The fourth-order valence-electron chi connectivity index (χ4n) is 3.15. The molecular weight excluding hydrogens is 475 g/mol. The zero-order valence-electron chi connectivity index (χ0n) is 17.1. The van der Waals surface area contributed by atoms with E-state index in [-0.39, 0.29) is 28.7 Å². The fraction of sp³-hybridized carbons (Fsp3) is 0.286. The molecule has 1 fully saturated rings. The number of pyridine rings is 1. The second kappa shape index (κ2) is 9.93. The van der Waals surface area contributed by atoms with Gasteiger partial charge in [-0.2, -0.15) is 0 Å². The summed E-state index contributed by atoms with van der Waals surface area (Å²) < 4.78 is 40.0. The van der Waals surface area contributed by atoms with E-state index >= 15 is 0 Å². The van der Waals surface area contributed by atoms with Crippen molar-refractivity contribution >= 4 is 50.5 Å². The summed E-state index contributed by atoms with van der Waals surface area (Å²) in [5.41, 5.74) is 2.56. The van der Waals surface area contributed by atoms with E-state index in [1.807, 2.05) is 6.92 Å². The lowest BCUT2D eigenvalue weighted by atomic mass is 10.0. The summed E-state index contributed by atoms with van der Waals surface area (Å²) in [5.74, 6) is -1.16. The van der Waals surface area contributed by atoms with Crippen LogP contribution in [-0.2, 0) is 14.8 Å². The van der Waals surface area contributed by atoms with Gasteiger partial charge < -0.3 is 5.32 Å². The lowest BCUT2D eigenvalue weighted by Gasteiger charge is -2.13. The molecule has 2 N–H and O–H groups in total. The molecule has 32 heavy (non-hydrogen) atoms. The maximum absolute atomic E-state index is 13.4. The van der Waals surface area contributed by atoms with Gasteiger partial charge in [-0.15, -0.1) is 23.7 Å². The summed E-state index contributed by atoms with van der Waals surface area (Å²) in [4.78, 5) is 21.0. The van der Waals surface area contributed by atoms with Crippen LogP contribution in [0, 0.1) is 5.82 Å². The highest BCUT2D eigenvalue weighted by atomic mass is 35.5. The van der Waals surface area contributed by atoms with Crippen molar-refractivity contribution < 1.29 is 17.6 Å². The van der Waals surface area contributed by atoms with Crippen LogP contribution < -0.4 is 10.0 Å². The number of rotatable bonds is 8. The lowest BCUT2D eigenvalue weighted by molar-refractivity contribution is -0.117. The maximum Gasteiger partial charge on any atom is 0.237 e. The first kappa shape index (κ1) is 24.1. The van der Waals surface area contributed by atoms with Crippen molar-refractivity contribution in [1.82, 2.24) is 9.97 Å². The Morgan fingerprint density at radius 2 is 1.94 bits per heavy atom. The predicted octanol–water partition coefficient (Wildman–Crippen LogP) is 4.80. The number of sulfonamides is 1. The summed E-state index contributed by atoms with van der Waals surface area (Å²) in [7, 11) is -3.39. The van der Waals surface area contributed by atoms with E-state index < -0.39 is 21.8 Å². The molecule has 1 aliphatic carbocycles. The van der Waals surface area contributed by atoms with Crippen LogP contribution in [0.3, 0.4) is 0 Å². The molecule has 1 saturated carbocycles. The number of halogens is 2. The summed E-state index contributed by atoms with van der Waals surface area (Å²) >= 11 is 1.17. The average Bonchev–Trinajstić information content (AvgIpc) is 3.51. The van der Waals surface area contributed by atoms with Crippen molar-refractivity contribution in [3.8, 4) is 11.1 Å². The van der Waals surface area contributed by atoms with Gasteiger partial charge in [-0.1, -0.05) is 19.1 Å². The van der Waals surface area contributed by atoms with Crippen molar-refractivity contribution in [2.45, 2.75) is 37.4 Å². The number of nitrogens with zero attached hydrogens (tertiary/aromatic N) is 2. The molecule has 1 aromatic carbocycles. The van der Waals surface area contributed by atoms with E-state index in [1.165, 1.54) is 17.4 Å². The van der Waals surface area contributed by atoms with Crippen LogP contribution in [0.5, 0.6) is 0 Å². The third-order valence-electron chi connectivity index (χ3n) is 4.99. The summed E-state index contributed by atoms with van der Waals surface area (Å²) in [5, 5.41) is 4.51. The first-order valence-corrected chi connectivity index (χ1v) is 12.3. The molecule has 0 aliphatic heterocycles. The van der Waals surface area contributed by atoms with Crippen LogP contribution in [0.4, 0.5) is 15.2 Å². The Labute approximate surface area is 196 Å². The molecule has 0 spiro atoms. The predicted molar refractivity (Wildman–Crippen MR) is 126 cm³/mol. The number of thiazole rings is 1. The van der Waals surface area contributed by atoms with Gasteiger partial charge in [-0.25, -0.2) is 17.8 Å². The minimum atomic E-state index is -3.39. The van der Waals surface area contributed by atoms with Crippen molar-refractivity contribution in [3.05, 3.63) is 59.6 Å². The molecule has 0 bridgehead atoms. The molecule has 1 aliphatic rings. The largest absolute Gasteiger partial charge is 0.326 e. The second-order valence-electron chi connectivity index (χ2n) is 7.34. The summed E-state index contributed by atoms with van der Waals surface area (Å²) in [6.07, 6.45) is 4.56. The van der Waals surface area contributed by atoms with E-state index in [0.29, 0.717) is 36.2 Å². The first-order valence-electron chi connectivity index (χ1n) is 9.84. The minimum Gasteiger partial charge on any atom is -0.326 e. The van der Waals surface area contributed by atoms with Gasteiger partial charge in [-0.3, -0.25) is 14.5 Å². The zero-order chi connectivity index (χ0) is 22.0. The molecule has 11 heteroatoms. The molecule has 4 rings (SSSR count). The molecule has 1 unspecified atom stereocenters. The number of aromatic nitrogens is 2.